The fraction of sp³-hybridized carbons (Fsp3) is 0.0690. The number of nitrogen functional groups attached to an aromatic ring is 1. The van der Waals surface area contributed by atoms with Crippen molar-refractivity contribution in [2.24, 2.45) is 16.6 Å². The number of hydrogen-bond donors (Lipinski definition) is 4. The highest BCUT2D eigenvalue weighted by molar-refractivity contribution is 7.89. The molecule has 0 saturated heterocycles. The maximum absolute atomic E-state index is 12.6. The van der Waals surface area contributed by atoms with Crippen molar-refractivity contribution in [2.45, 2.75) is 18.0 Å². The number of nitrogens with one attached hydrogen (secondary N) is 1. The average molecular weight is 542 g/mol. The van der Waals surface area contributed by atoms with Gasteiger partial charge in [-0.2, -0.15) is 0 Å². The summed E-state index contributed by atoms with van der Waals surface area (Å²) in [5.41, 5.74) is 15.8. The van der Waals surface area contributed by atoms with Crippen LogP contribution in [0.15, 0.2) is 102 Å². The molecule has 0 aliphatic heterocycles. The van der Waals surface area contributed by atoms with Gasteiger partial charge in [-0.25, -0.2) is 13.6 Å². The summed E-state index contributed by atoms with van der Waals surface area (Å²) in [7, 11) is -3.89. The first-order chi connectivity index (χ1) is 18.5. The molecule has 39 heavy (non-hydrogen) atoms. The number of nitrogens with zero attached hydrogens (tertiary/aromatic N) is 1. The third-order valence-corrected chi connectivity index (χ3v) is 7.10. The van der Waals surface area contributed by atoms with Gasteiger partial charge in [0, 0.05) is 24.2 Å². The Kier molecular flexibility index (Phi) is 7.89. The number of hydrogen-bond acceptors (Lipinski definition) is 5. The Balaban J connectivity index is 1.60. The predicted octanol–water partition coefficient (Wildman–Crippen LogP) is 2.97. The first-order valence-corrected chi connectivity index (χ1v) is 13.4. The first-order valence-electron chi connectivity index (χ1n) is 11.9. The van der Waals surface area contributed by atoms with E-state index in [0.29, 0.717) is 22.3 Å². The topological polar surface area (TPSA) is 173 Å². The molecule has 0 unspecified atom stereocenters. The summed E-state index contributed by atoms with van der Waals surface area (Å²) < 4.78 is 24.0. The number of rotatable bonds is 8. The number of nitrogens with two attached hydrogens (primary N) is 3. The molecule has 0 aliphatic carbocycles. The summed E-state index contributed by atoms with van der Waals surface area (Å²) in [6.07, 6.45) is 0. The molecule has 0 bridgehead atoms. The number of benzene rings is 4. The number of carbonyl (C=O) groups is 2. The molecule has 0 spiro atoms. The number of amides is 2. The van der Waals surface area contributed by atoms with Crippen molar-refractivity contribution in [1.82, 2.24) is 4.90 Å². The van der Waals surface area contributed by atoms with Crippen LogP contribution >= 0.6 is 0 Å². The summed E-state index contributed by atoms with van der Waals surface area (Å²) in [5.74, 6) is -1.99. The van der Waals surface area contributed by atoms with Crippen molar-refractivity contribution in [1.29, 1.82) is 5.41 Å². The van der Waals surface area contributed by atoms with Crippen LogP contribution in [0.3, 0.4) is 0 Å². The van der Waals surface area contributed by atoms with Crippen LogP contribution in [-0.4, -0.2) is 31.0 Å². The van der Waals surface area contributed by atoms with Gasteiger partial charge in [-0.15, -0.1) is 0 Å². The fourth-order valence-electron chi connectivity index (χ4n) is 4.28. The van der Waals surface area contributed by atoms with Crippen molar-refractivity contribution in [3.8, 4) is 22.3 Å². The van der Waals surface area contributed by atoms with Gasteiger partial charge in [0.2, 0.25) is 10.0 Å². The van der Waals surface area contributed by atoms with Crippen molar-refractivity contribution in [3.63, 3.8) is 0 Å². The lowest BCUT2D eigenvalue weighted by molar-refractivity contribution is -0.145. The molecular weight excluding hydrogens is 514 g/mol. The van der Waals surface area contributed by atoms with E-state index in [1.165, 1.54) is 11.0 Å². The van der Waals surface area contributed by atoms with Gasteiger partial charge in [-0.05, 0) is 46.0 Å². The minimum absolute atomic E-state index is 0.0489. The fourth-order valence-corrected chi connectivity index (χ4v) is 5.04. The lowest BCUT2D eigenvalue weighted by Gasteiger charge is -2.22. The van der Waals surface area contributed by atoms with Crippen LogP contribution in [0.5, 0.6) is 0 Å². The molecule has 0 atom stereocenters. The quantitative estimate of drug-likeness (QED) is 0.152. The second kappa shape index (κ2) is 11.3. The van der Waals surface area contributed by atoms with Crippen LogP contribution in [-0.2, 0) is 32.7 Å². The van der Waals surface area contributed by atoms with Crippen molar-refractivity contribution >= 4 is 27.7 Å². The van der Waals surface area contributed by atoms with E-state index in [9.17, 15) is 18.0 Å². The second-order valence-electron chi connectivity index (χ2n) is 8.96. The summed E-state index contributed by atoms with van der Waals surface area (Å²) >= 11 is 0. The van der Waals surface area contributed by atoms with Crippen molar-refractivity contribution < 1.29 is 18.0 Å². The highest BCUT2D eigenvalue weighted by Crippen LogP contribution is 2.29. The molecule has 10 heteroatoms. The third kappa shape index (κ3) is 6.56. The molecule has 0 aliphatic rings. The molecule has 7 N–H and O–H groups in total. The lowest BCUT2D eigenvalue weighted by Crippen LogP contribution is -2.39. The van der Waals surface area contributed by atoms with E-state index in [-0.39, 0.29) is 23.8 Å². The zero-order valence-corrected chi connectivity index (χ0v) is 21.7. The number of sulfonamides is 1. The zero-order chi connectivity index (χ0) is 28.2. The maximum Gasteiger partial charge on any atom is 0.312 e. The Morgan fingerprint density at radius 1 is 0.718 bits per heavy atom. The van der Waals surface area contributed by atoms with E-state index in [2.05, 4.69) is 0 Å². The van der Waals surface area contributed by atoms with E-state index in [1.54, 1.807) is 42.5 Å². The van der Waals surface area contributed by atoms with Gasteiger partial charge >= 0.3 is 11.8 Å². The molecule has 2 amide bonds. The lowest BCUT2D eigenvalue weighted by atomic mass is 9.99. The van der Waals surface area contributed by atoms with E-state index < -0.39 is 21.8 Å². The van der Waals surface area contributed by atoms with Crippen LogP contribution in [0.1, 0.15) is 16.7 Å². The monoisotopic (exact) mass is 541 g/mol. The summed E-state index contributed by atoms with van der Waals surface area (Å²) in [5, 5.41) is 13.0. The maximum atomic E-state index is 12.6. The van der Waals surface area contributed by atoms with E-state index in [4.69, 9.17) is 22.0 Å². The molecule has 4 aromatic carbocycles. The standard InChI is InChI=1S/C29H27N5O4S/c30-27(31)24-8-4-6-20(16-24)18-34(29(36)28(32)35)17-19-5-3-7-23(15-19)21-11-13-22(14-12-21)25-9-1-2-10-26(25)39(33,37)38/h1-16H,17-18H2,(H3,30,31)(H2,32,35)(H2,33,37,38). The first kappa shape index (κ1) is 27.2. The SMILES string of the molecule is N=C(N)c1cccc(CN(Cc2cccc(-c3ccc(-c4ccccc4S(N)(=O)=O)cc3)c2)C(=O)C(N)=O)c1. The Morgan fingerprint density at radius 2 is 1.31 bits per heavy atom. The highest BCUT2D eigenvalue weighted by Gasteiger charge is 2.20. The molecule has 9 nitrogen and oxygen atoms in total. The van der Waals surface area contributed by atoms with Gasteiger partial charge in [0.15, 0.2) is 0 Å². The van der Waals surface area contributed by atoms with Crippen LogP contribution in [0.4, 0.5) is 0 Å². The van der Waals surface area contributed by atoms with E-state index >= 15 is 0 Å². The second-order valence-corrected chi connectivity index (χ2v) is 10.5. The van der Waals surface area contributed by atoms with E-state index in [1.807, 2.05) is 48.5 Å². The van der Waals surface area contributed by atoms with Gasteiger partial charge in [0.05, 0.1) is 4.90 Å². The number of carbonyl (C=O) groups excluding carboxylic acids is 2. The Hall–Kier alpha value is -4.80. The van der Waals surface area contributed by atoms with Gasteiger partial charge in [-0.1, -0.05) is 78.9 Å². The molecule has 4 rings (SSSR count). The third-order valence-electron chi connectivity index (χ3n) is 6.13. The number of primary amides is 1. The summed E-state index contributed by atoms with van der Waals surface area (Å²) in [6.45, 7) is 0.227. The van der Waals surface area contributed by atoms with Gasteiger partial charge in [0.25, 0.3) is 0 Å². The molecule has 198 valence electrons. The summed E-state index contributed by atoms with van der Waals surface area (Å²) in [4.78, 5) is 25.8. The normalized spacial score (nSPS) is 11.1. The molecule has 4 aromatic rings. The predicted molar refractivity (Wildman–Crippen MR) is 150 cm³/mol. The van der Waals surface area contributed by atoms with Crippen LogP contribution in [0.2, 0.25) is 0 Å². The molecule has 0 radical (unpaired) electrons. The zero-order valence-electron chi connectivity index (χ0n) is 20.9. The van der Waals surface area contributed by atoms with Crippen molar-refractivity contribution in [2.75, 3.05) is 0 Å². The Bertz CT molecular complexity index is 1670. The van der Waals surface area contributed by atoms with Crippen LogP contribution in [0.25, 0.3) is 22.3 Å². The molecule has 0 heterocycles. The summed E-state index contributed by atoms with van der Waals surface area (Å²) in [6, 6.07) is 28.3. The van der Waals surface area contributed by atoms with Crippen LogP contribution in [0, 0.1) is 5.41 Å². The van der Waals surface area contributed by atoms with Gasteiger partial charge < -0.3 is 16.4 Å². The molecule has 0 fully saturated rings. The average Bonchev–Trinajstić information content (AvgIpc) is 2.92. The smallest absolute Gasteiger partial charge is 0.312 e. The van der Waals surface area contributed by atoms with Gasteiger partial charge in [-0.3, -0.25) is 15.0 Å². The highest BCUT2D eigenvalue weighted by atomic mass is 32.2. The Labute approximate surface area is 226 Å². The largest absolute Gasteiger partial charge is 0.384 e. The minimum Gasteiger partial charge on any atom is -0.384 e. The molecular formula is C29H27N5O4S. The number of primary sulfonamides is 1. The van der Waals surface area contributed by atoms with Crippen molar-refractivity contribution in [3.05, 3.63) is 114 Å². The molecule has 0 saturated carbocycles. The van der Waals surface area contributed by atoms with Gasteiger partial charge in [0.1, 0.15) is 5.84 Å². The van der Waals surface area contributed by atoms with E-state index in [0.717, 1.165) is 16.7 Å². The molecule has 0 aromatic heterocycles. The minimum atomic E-state index is -3.89. The van der Waals surface area contributed by atoms with Crippen LogP contribution < -0.4 is 16.6 Å². The number of amidine groups is 1. The Morgan fingerprint density at radius 3 is 1.92 bits per heavy atom.